The molecule has 0 unspecified atom stereocenters. The van der Waals surface area contributed by atoms with Crippen LogP contribution in [0.2, 0.25) is 0 Å². The summed E-state index contributed by atoms with van der Waals surface area (Å²) in [6, 6.07) is 120. The number of benzene rings is 16. The van der Waals surface area contributed by atoms with Gasteiger partial charge in [0.25, 0.3) is 0 Å². The van der Waals surface area contributed by atoms with Crippen molar-refractivity contribution in [2.75, 3.05) is 9.80 Å². The van der Waals surface area contributed by atoms with Crippen molar-refractivity contribution in [1.82, 2.24) is 0 Å². The second-order valence-electron chi connectivity index (χ2n) is 23.4. The Balaban J connectivity index is 0.913. The van der Waals surface area contributed by atoms with Crippen molar-refractivity contribution in [3.63, 3.8) is 0 Å². The third-order valence-corrected chi connectivity index (χ3v) is 17.9. The molecule has 0 aliphatic heterocycles. The lowest BCUT2D eigenvalue weighted by Crippen LogP contribution is -2.14. The number of nitrogens with zero attached hydrogens (tertiary/aromatic N) is 2. The zero-order chi connectivity index (χ0) is 61.5. The molecule has 2 nitrogen and oxygen atoms in total. The molecule has 4 heteroatoms. The van der Waals surface area contributed by atoms with Gasteiger partial charge in [-0.2, -0.15) is 0 Å². The Morgan fingerprint density at radius 2 is 0.446 bits per heavy atom. The summed E-state index contributed by atoms with van der Waals surface area (Å²) in [4.78, 5) is 4.19. The quantitative estimate of drug-likeness (QED) is 0.100. The molecule has 0 bridgehead atoms. The number of hydrogen-bond acceptors (Lipinski definition) is 2. The molecule has 0 aliphatic carbocycles. The number of hydrogen-bond donors (Lipinski definition) is 0. The van der Waals surface area contributed by atoms with E-state index >= 15 is 8.78 Å². The highest BCUT2D eigenvalue weighted by atomic mass is 19.1. The first-order valence-electron chi connectivity index (χ1n) is 31.2. The smallest absolute Gasteiger partial charge is 0.155 e. The van der Waals surface area contributed by atoms with Crippen LogP contribution in [0.3, 0.4) is 0 Å². The van der Waals surface area contributed by atoms with E-state index < -0.39 is 0 Å². The molecule has 92 heavy (non-hydrogen) atoms. The van der Waals surface area contributed by atoms with Crippen molar-refractivity contribution in [2.45, 2.75) is 0 Å². The molecule has 0 atom stereocenters. The van der Waals surface area contributed by atoms with Gasteiger partial charge in [0.2, 0.25) is 0 Å². The lowest BCUT2D eigenvalue weighted by Gasteiger charge is -2.30. The molecule has 0 aromatic heterocycles. The van der Waals surface area contributed by atoms with Crippen molar-refractivity contribution in [3.05, 3.63) is 363 Å². The minimum Gasteiger partial charge on any atom is -0.307 e. The van der Waals surface area contributed by atoms with Crippen molar-refractivity contribution in [2.24, 2.45) is 0 Å². The monoisotopic (exact) mass is 1180 g/mol. The maximum absolute atomic E-state index is 18.8. The van der Waals surface area contributed by atoms with Crippen molar-refractivity contribution < 1.29 is 8.78 Å². The summed E-state index contributed by atoms with van der Waals surface area (Å²) in [5.74, 6) is -0.702. The number of anilines is 6. The van der Waals surface area contributed by atoms with E-state index in [1.165, 1.54) is 0 Å². The summed E-state index contributed by atoms with van der Waals surface area (Å²) in [6.45, 7) is 0. The predicted molar refractivity (Wildman–Crippen MR) is 383 cm³/mol. The van der Waals surface area contributed by atoms with Gasteiger partial charge >= 0.3 is 0 Å². The maximum Gasteiger partial charge on any atom is 0.155 e. The van der Waals surface area contributed by atoms with Crippen LogP contribution in [0.15, 0.2) is 352 Å². The lowest BCUT2D eigenvalue weighted by molar-refractivity contribution is 0.632. The first kappa shape index (κ1) is 55.3. The normalized spacial score (nSPS) is 11.4. The zero-order valence-electron chi connectivity index (χ0n) is 50.1. The summed E-state index contributed by atoms with van der Waals surface area (Å²) in [5.41, 5.74) is 18.6. The van der Waals surface area contributed by atoms with Crippen molar-refractivity contribution in [1.29, 1.82) is 0 Å². The van der Waals surface area contributed by atoms with Gasteiger partial charge in [-0.1, -0.05) is 267 Å². The van der Waals surface area contributed by atoms with Gasteiger partial charge in [0, 0.05) is 33.3 Å². The molecule has 0 N–H and O–H groups in total. The van der Waals surface area contributed by atoms with Crippen LogP contribution in [0, 0.1) is 11.6 Å². The third kappa shape index (κ3) is 10.3. The van der Waals surface area contributed by atoms with Crippen LogP contribution in [0.4, 0.5) is 42.9 Å². The largest absolute Gasteiger partial charge is 0.307 e. The van der Waals surface area contributed by atoms with Crippen LogP contribution in [0.5, 0.6) is 0 Å². The molecule has 16 aromatic carbocycles. The number of para-hydroxylation sites is 2. The fraction of sp³-hybridized carbons (Fsp3) is 0. The van der Waals surface area contributed by atoms with Crippen LogP contribution in [0.25, 0.3) is 121 Å². The summed E-state index contributed by atoms with van der Waals surface area (Å²) >= 11 is 0. The summed E-state index contributed by atoms with van der Waals surface area (Å²) < 4.78 is 37.7. The van der Waals surface area contributed by atoms with Crippen LogP contribution in [-0.2, 0) is 0 Å². The second-order valence-corrected chi connectivity index (χ2v) is 23.4. The minimum atomic E-state index is -0.351. The van der Waals surface area contributed by atoms with Crippen molar-refractivity contribution >= 4 is 66.4 Å². The summed E-state index contributed by atoms with van der Waals surface area (Å²) in [5, 5.41) is 5.95. The van der Waals surface area contributed by atoms with E-state index in [9.17, 15) is 0 Å². The van der Waals surface area contributed by atoms with E-state index in [0.717, 1.165) is 133 Å². The zero-order valence-corrected chi connectivity index (χ0v) is 50.1. The van der Waals surface area contributed by atoms with Crippen LogP contribution >= 0.6 is 0 Å². The Labute approximate surface area is 534 Å². The topological polar surface area (TPSA) is 6.48 Å². The van der Waals surface area contributed by atoms with E-state index in [4.69, 9.17) is 0 Å². The first-order valence-corrected chi connectivity index (χ1v) is 31.2. The maximum atomic E-state index is 18.8. The Morgan fingerprint density at radius 3 is 0.772 bits per heavy atom. The van der Waals surface area contributed by atoms with Gasteiger partial charge < -0.3 is 9.80 Å². The number of rotatable bonds is 14. The van der Waals surface area contributed by atoms with Gasteiger partial charge in [-0.25, -0.2) is 8.78 Å². The van der Waals surface area contributed by atoms with E-state index in [-0.39, 0.29) is 11.6 Å². The standard InChI is InChI=1S/C88H58F2N2/c89-87-79(71-37-21-33-67(53-71)61-27-11-3-12-28-61)55-73(69-35-19-31-65(51-69)59-23-7-1-8-24-59)57-83(87)91(75-39-15-5-16-40-75)81-49-45-63-44-48-78-82(50-46-64-43-47-77(81)85(63)86(64)78)92(76-41-17-6-18-42-76)84-58-74(70-36-20-32-66(52-70)60-25-9-2-10-26-60)56-80(88(84)90)72-38-22-34-68(54-72)62-29-13-4-14-30-62/h1-58H. The first-order chi connectivity index (χ1) is 45.5. The van der Waals surface area contributed by atoms with Crippen LogP contribution < -0.4 is 9.80 Å². The van der Waals surface area contributed by atoms with E-state index in [0.29, 0.717) is 22.5 Å². The Hall–Kier alpha value is -12.0. The second kappa shape index (κ2) is 23.8. The molecule has 0 heterocycles. The van der Waals surface area contributed by atoms with Gasteiger partial charge in [0.1, 0.15) is 0 Å². The molecule has 0 aliphatic rings. The molecule has 434 valence electrons. The molecule has 16 rings (SSSR count). The average molecular weight is 1180 g/mol. The SMILES string of the molecule is Fc1c(-c2cccc(-c3ccccc3)c2)cc(-c2cccc(-c3ccccc3)c2)cc1N(c1ccccc1)c1ccc2ccc3c(N(c4ccccc4)c4cc(-c5cccc(-c6ccccc6)c5)cc(-c5cccc(-c6ccccc6)c5)c4F)ccc4ccc1c2c43. The van der Waals surface area contributed by atoms with Crippen LogP contribution in [0.1, 0.15) is 0 Å². The van der Waals surface area contributed by atoms with Gasteiger partial charge in [-0.3, -0.25) is 0 Å². The lowest BCUT2D eigenvalue weighted by atomic mass is 9.90. The van der Waals surface area contributed by atoms with Crippen molar-refractivity contribution in [3.8, 4) is 89.0 Å². The summed E-state index contributed by atoms with van der Waals surface area (Å²) in [7, 11) is 0. The highest BCUT2D eigenvalue weighted by molar-refractivity contribution is 6.28. The highest BCUT2D eigenvalue weighted by Crippen LogP contribution is 2.51. The Bertz CT molecular complexity index is 5010. The van der Waals surface area contributed by atoms with Gasteiger partial charge in [0.05, 0.1) is 22.7 Å². The van der Waals surface area contributed by atoms with Gasteiger partial charge in [-0.05, 0) is 184 Å². The molecule has 0 saturated carbocycles. The van der Waals surface area contributed by atoms with E-state index in [2.05, 4.69) is 228 Å². The minimum absolute atomic E-state index is 0.351. The number of halogens is 2. The average Bonchev–Trinajstić information content (AvgIpc) is 0.728. The van der Waals surface area contributed by atoms with E-state index in [1.807, 2.05) is 133 Å². The molecule has 16 aromatic rings. The molecule has 0 saturated heterocycles. The Kier molecular flexibility index (Phi) is 14.3. The molecule has 0 fully saturated rings. The molecular weight excluding hydrogens is 1120 g/mol. The molecular formula is C88H58F2N2. The van der Waals surface area contributed by atoms with E-state index in [1.54, 1.807) is 0 Å². The predicted octanol–water partition coefficient (Wildman–Crippen LogP) is 25.1. The molecule has 0 spiro atoms. The molecule has 0 amide bonds. The van der Waals surface area contributed by atoms with Gasteiger partial charge in [-0.15, -0.1) is 0 Å². The Morgan fingerprint density at radius 1 is 0.185 bits per heavy atom. The fourth-order valence-electron chi connectivity index (χ4n) is 13.4. The van der Waals surface area contributed by atoms with Crippen LogP contribution in [-0.4, -0.2) is 0 Å². The highest BCUT2D eigenvalue weighted by Gasteiger charge is 2.28. The molecule has 0 radical (unpaired) electrons. The summed E-state index contributed by atoms with van der Waals surface area (Å²) in [6.07, 6.45) is 0. The fourth-order valence-corrected chi connectivity index (χ4v) is 13.4. The van der Waals surface area contributed by atoms with Gasteiger partial charge in [0.15, 0.2) is 11.6 Å². The third-order valence-electron chi connectivity index (χ3n) is 17.9.